The summed E-state index contributed by atoms with van der Waals surface area (Å²) in [5, 5.41) is 12.3. The number of pyridine rings is 1. The molecular weight excluding hydrogens is 228 g/mol. The summed E-state index contributed by atoms with van der Waals surface area (Å²) < 4.78 is 0. The molecule has 1 saturated carbocycles. The molecule has 0 saturated heterocycles. The van der Waals surface area contributed by atoms with E-state index in [9.17, 15) is 9.90 Å². The van der Waals surface area contributed by atoms with Crippen molar-refractivity contribution in [2.75, 3.05) is 6.61 Å². The monoisotopic (exact) mass is 248 g/mol. The number of nitrogens with one attached hydrogen (secondary N) is 1. The molecule has 1 aromatic heterocycles. The summed E-state index contributed by atoms with van der Waals surface area (Å²) in [5.41, 5.74) is 1.57. The van der Waals surface area contributed by atoms with Crippen LogP contribution in [0.15, 0.2) is 18.5 Å². The van der Waals surface area contributed by atoms with Crippen molar-refractivity contribution in [2.24, 2.45) is 5.92 Å². The van der Waals surface area contributed by atoms with E-state index in [-0.39, 0.29) is 24.5 Å². The normalized spacial score (nSPS) is 23.7. The van der Waals surface area contributed by atoms with Crippen molar-refractivity contribution in [3.8, 4) is 0 Å². The predicted octanol–water partition coefficient (Wildman–Crippen LogP) is 1.67. The van der Waals surface area contributed by atoms with Gasteiger partial charge >= 0.3 is 0 Å². The second-order valence-electron chi connectivity index (χ2n) is 5.06. The molecule has 2 N–H and O–H groups in total. The van der Waals surface area contributed by atoms with Crippen LogP contribution in [0.2, 0.25) is 0 Å². The molecule has 0 unspecified atom stereocenters. The number of aliphatic hydroxyl groups is 1. The first-order valence-electron chi connectivity index (χ1n) is 6.54. The number of aromatic nitrogens is 1. The average molecular weight is 248 g/mol. The fourth-order valence-electron chi connectivity index (χ4n) is 2.55. The highest BCUT2D eigenvalue weighted by Crippen LogP contribution is 2.24. The van der Waals surface area contributed by atoms with Gasteiger partial charge < -0.3 is 10.4 Å². The number of amides is 1. The third kappa shape index (κ3) is 3.07. The number of nitrogens with zero attached hydrogens (tertiary/aromatic N) is 1. The van der Waals surface area contributed by atoms with Crippen molar-refractivity contribution in [3.63, 3.8) is 0 Å². The Labute approximate surface area is 107 Å². The van der Waals surface area contributed by atoms with E-state index in [4.69, 9.17) is 0 Å². The second-order valence-corrected chi connectivity index (χ2v) is 5.06. The summed E-state index contributed by atoms with van der Waals surface area (Å²) in [6.07, 6.45) is 7.52. The van der Waals surface area contributed by atoms with Crippen molar-refractivity contribution >= 4 is 5.91 Å². The SMILES string of the molecule is Cc1cncc(C(=O)N[C@H]2CCCC[C@@H]2CO)c1. The molecule has 0 aromatic carbocycles. The first-order valence-corrected chi connectivity index (χ1v) is 6.54. The molecule has 18 heavy (non-hydrogen) atoms. The Balaban J connectivity index is 2.02. The maximum absolute atomic E-state index is 12.1. The summed E-state index contributed by atoms with van der Waals surface area (Å²) in [5.74, 6) is 0.108. The van der Waals surface area contributed by atoms with Gasteiger partial charge in [0.2, 0.25) is 0 Å². The van der Waals surface area contributed by atoms with Crippen LogP contribution in [-0.2, 0) is 0 Å². The Kier molecular flexibility index (Phi) is 4.31. The maximum Gasteiger partial charge on any atom is 0.253 e. The number of rotatable bonds is 3. The molecule has 1 aliphatic rings. The van der Waals surface area contributed by atoms with Crippen LogP contribution in [0.3, 0.4) is 0 Å². The van der Waals surface area contributed by atoms with Crippen molar-refractivity contribution in [1.29, 1.82) is 0 Å². The Morgan fingerprint density at radius 1 is 1.44 bits per heavy atom. The van der Waals surface area contributed by atoms with Crippen LogP contribution in [0, 0.1) is 12.8 Å². The first kappa shape index (κ1) is 13.0. The van der Waals surface area contributed by atoms with Gasteiger partial charge in [-0.1, -0.05) is 12.8 Å². The molecule has 4 nitrogen and oxygen atoms in total. The first-order chi connectivity index (χ1) is 8.70. The van der Waals surface area contributed by atoms with Crippen LogP contribution < -0.4 is 5.32 Å². The summed E-state index contributed by atoms with van der Waals surface area (Å²) in [6.45, 7) is 2.07. The lowest BCUT2D eigenvalue weighted by molar-refractivity contribution is 0.0872. The summed E-state index contributed by atoms with van der Waals surface area (Å²) >= 11 is 0. The Morgan fingerprint density at radius 2 is 2.22 bits per heavy atom. The molecule has 0 aliphatic heterocycles. The zero-order valence-corrected chi connectivity index (χ0v) is 10.7. The second kappa shape index (κ2) is 5.96. The minimum atomic E-state index is -0.0865. The quantitative estimate of drug-likeness (QED) is 0.855. The predicted molar refractivity (Wildman–Crippen MR) is 69.3 cm³/mol. The van der Waals surface area contributed by atoms with E-state index >= 15 is 0 Å². The number of hydrogen-bond acceptors (Lipinski definition) is 3. The molecule has 4 heteroatoms. The van der Waals surface area contributed by atoms with Gasteiger partial charge in [0.05, 0.1) is 5.56 Å². The Hall–Kier alpha value is -1.42. The molecular formula is C14H20N2O2. The lowest BCUT2D eigenvalue weighted by atomic mass is 9.85. The van der Waals surface area contributed by atoms with Crippen molar-refractivity contribution in [2.45, 2.75) is 38.6 Å². The van der Waals surface area contributed by atoms with E-state index < -0.39 is 0 Å². The van der Waals surface area contributed by atoms with Gasteiger partial charge in [0.15, 0.2) is 0 Å². The number of hydrogen-bond donors (Lipinski definition) is 2. The van der Waals surface area contributed by atoms with Gasteiger partial charge in [-0.3, -0.25) is 9.78 Å². The smallest absolute Gasteiger partial charge is 0.253 e. The van der Waals surface area contributed by atoms with Crippen LogP contribution in [0.25, 0.3) is 0 Å². The van der Waals surface area contributed by atoms with Gasteiger partial charge in [-0.25, -0.2) is 0 Å². The minimum absolute atomic E-state index is 0.0865. The molecule has 0 radical (unpaired) electrons. The standard InChI is InChI=1S/C14H20N2O2/c1-10-6-12(8-15-7-10)14(18)16-13-5-3-2-4-11(13)9-17/h6-8,11,13,17H,2-5,9H2,1H3,(H,16,18)/t11-,13+/m1/s1. The molecule has 98 valence electrons. The van der Waals surface area contributed by atoms with E-state index in [1.807, 2.05) is 13.0 Å². The van der Waals surface area contributed by atoms with Crippen molar-refractivity contribution < 1.29 is 9.90 Å². The topological polar surface area (TPSA) is 62.2 Å². The average Bonchev–Trinajstić information content (AvgIpc) is 2.39. The Morgan fingerprint density at radius 3 is 2.94 bits per heavy atom. The molecule has 0 bridgehead atoms. The largest absolute Gasteiger partial charge is 0.396 e. The molecule has 2 rings (SSSR count). The van der Waals surface area contributed by atoms with Gasteiger partial charge in [-0.2, -0.15) is 0 Å². The lowest BCUT2D eigenvalue weighted by Crippen LogP contribution is -2.43. The van der Waals surface area contributed by atoms with Crippen LogP contribution >= 0.6 is 0 Å². The summed E-state index contributed by atoms with van der Waals surface area (Å²) in [7, 11) is 0. The van der Waals surface area contributed by atoms with Crippen molar-refractivity contribution in [3.05, 3.63) is 29.6 Å². The number of aliphatic hydroxyl groups excluding tert-OH is 1. The lowest BCUT2D eigenvalue weighted by Gasteiger charge is -2.30. The number of carbonyl (C=O) groups excluding carboxylic acids is 1. The highest BCUT2D eigenvalue weighted by atomic mass is 16.3. The minimum Gasteiger partial charge on any atom is -0.396 e. The number of carbonyl (C=O) groups is 1. The summed E-state index contributed by atoms with van der Waals surface area (Å²) in [4.78, 5) is 16.1. The molecule has 1 fully saturated rings. The van der Waals surface area contributed by atoms with Crippen LogP contribution in [-0.4, -0.2) is 28.6 Å². The van der Waals surface area contributed by atoms with Gasteiger partial charge in [0, 0.05) is 31.0 Å². The fraction of sp³-hybridized carbons (Fsp3) is 0.571. The van der Waals surface area contributed by atoms with E-state index in [1.54, 1.807) is 12.4 Å². The third-order valence-electron chi connectivity index (χ3n) is 3.60. The Bertz CT molecular complexity index is 420. The number of aryl methyl sites for hydroxylation is 1. The van der Waals surface area contributed by atoms with E-state index in [0.29, 0.717) is 5.56 Å². The highest BCUT2D eigenvalue weighted by molar-refractivity contribution is 5.94. The van der Waals surface area contributed by atoms with Gasteiger partial charge in [-0.15, -0.1) is 0 Å². The molecule has 1 amide bonds. The van der Waals surface area contributed by atoms with Crippen molar-refractivity contribution in [1.82, 2.24) is 10.3 Å². The van der Waals surface area contributed by atoms with Crippen LogP contribution in [0.5, 0.6) is 0 Å². The summed E-state index contributed by atoms with van der Waals surface area (Å²) in [6, 6.07) is 1.93. The van der Waals surface area contributed by atoms with E-state index in [0.717, 1.165) is 31.2 Å². The van der Waals surface area contributed by atoms with Gasteiger partial charge in [0.25, 0.3) is 5.91 Å². The molecule has 1 heterocycles. The molecule has 0 spiro atoms. The van der Waals surface area contributed by atoms with E-state index in [1.165, 1.54) is 0 Å². The fourth-order valence-corrected chi connectivity index (χ4v) is 2.55. The zero-order valence-electron chi connectivity index (χ0n) is 10.7. The molecule has 1 aromatic rings. The molecule has 1 aliphatic carbocycles. The van der Waals surface area contributed by atoms with E-state index in [2.05, 4.69) is 10.3 Å². The molecule has 2 atom stereocenters. The van der Waals surface area contributed by atoms with Crippen LogP contribution in [0.1, 0.15) is 41.6 Å². The third-order valence-corrected chi connectivity index (χ3v) is 3.60. The zero-order chi connectivity index (χ0) is 13.0. The van der Waals surface area contributed by atoms with Crippen LogP contribution in [0.4, 0.5) is 0 Å². The van der Waals surface area contributed by atoms with Gasteiger partial charge in [-0.05, 0) is 31.4 Å². The highest BCUT2D eigenvalue weighted by Gasteiger charge is 2.26. The van der Waals surface area contributed by atoms with Gasteiger partial charge in [0.1, 0.15) is 0 Å². The maximum atomic E-state index is 12.1.